The Labute approximate surface area is 140 Å². The van der Waals surface area contributed by atoms with E-state index in [4.69, 9.17) is 0 Å². The Morgan fingerprint density at radius 1 is 1.68 bits per heavy atom. The van der Waals surface area contributed by atoms with E-state index in [0.717, 1.165) is 16.7 Å². The van der Waals surface area contributed by atoms with Crippen molar-refractivity contribution in [3.8, 4) is 0 Å². The summed E-state index contributed by atoms with van der Waals surface area (Å²) < 4.78 is 12.5. The zero-order chi connectivity index (χ0) is 13.4. The van der Waals surface area contributed by atoms with E-state index in [9.17, 15) is 24.2 Å². The van der Waals surface area contributed by atoms with Crippen LogP contribution in [0.25, 0.3) is 0 Å². The molecular weight excluding hydrogens is 304 g/mol. The number of carbonyl (C=O) groups is 2. The number of thioether (sulfide) groups is 2. The van der Waals surface area contributed by atoms with E-state index in [1.807, 2.05) is 0 Å². The summed E-state index contributed by atoms with van der Waals surface area (Å²) in [5.74, 6) is -2.33. The number of carboxylic acids is 1. The second kappa shape index (κ2) is 6.82. The van der Waals surface area contributed by atoms with Crippen LogP contribution in [0.2, 0.25) is 0 Å². The summed E-state index contributed by atoms with van der Waals surface area (Å²) in [5.41, 5.74) is -0.189. The van der Waals surface area contributed by atoms with Gasteiger partial charge in [0.1, 0.15) is 5.37 Å². The molecule has 3 atom stereocenters. The molecule has 0 radical (unpaired) electrons. The van der Waals surface area contributed by atoms with Gasteiger partial charge < -0.3 is 15.0 Å². The molecule has 2 aliphatic heterocycles. The van der Waals surface area contributed by atoms with Crippen LogP contribution in [0.3, 0.4) is 0 Å². The van der Waals surface area contributed by atoms with Gasteiger partial charge in [-0.05, 0) is 6.92 Å². The first-order valence-electron chi connectivity index (χ1n) is 5.31. The van der Waals surface area contributed by atoms with Gasteiger partial charge >= 0.3 is 29.6 Å². The van der Waals surface area contributed by atoms with Gasteiger partial charge in [-0.15, -0.1) is 11.8 Å². The SMILES string of the molecule is C[C@@H](O)[C@H]1C(=O)N2C(C(=O)[O-])=C(SCCF)S[C@H]12.[Na+]. The van der Waals surface area contributed by atoms with Gasteiger partial charge in [0.25, 0.3) is 0 Å². The minimum absolute atomic E-state index is 0. The Morgan fingerprint density at radius 2 is 2.32 bits per heavy atom. The maximum absolute atomic E-state index is 12.1. The number of aliphatic hydroxyl groups excluding tert-OH is 1. The molecule has 0 aromatic carbocycles. The van der Waals surface area contributed by atoms with Crippen molar-refractivity contribution < 1.29 is 53.7 Å². The van der Waals surface area contributed by atoms with Crippen molar-refractivity contribution in [2.24, 2.45) is 5.92 Å². The van der Waals surface area contributed by atoms with Crippen LogP contribution >= 0.6 is 23.5 Å². The second-order valence-corrected chi connectivity index (χ2v) is 6.43. The fourth-order valence-corrected chi connectivity index (χ4v) is 4.69. The largest absolute Gasteiger partial charge is 1.00 e. The van der Waals surface area contributed by atoms with Crippen LogP contribution in [-0.4, -0.2) is 45.8 Å². The Morgan fingerprint density at radius 3 is 2.79 bits per heavy atom. The van der Waals surface area contributed by atoms with Gasteiger partial charge in [-0.3, -0.25) is 14.1 Å². The number of carboxylic acid groups (broad SMARTS) is 1. The first kappa shape index (κ1) is 17.3. The molecule has 0 aromatic rings. The summed E-state index contributed by atoms with van der Waals surface area (Å²) in [7, 11) is 0. The fourth-order valence-electron chi connectivity index (χ4n) is 1.97. The van der Waals surface area contributed by atoms with Gasteiger partial charge in [0, 0.05) is 5.75 Å². The molecule has 2 aliphatic rings. The van der Waals surface area contributed by atoms with E-state index in [1.54, 1.807) is 0 Å². The molecule has 0 aromatic heterocycles. The molecule has 0 aliphatic carbocycles. The van der Waals surface area contributed by atoms with Crippen LogP contribution in [0.15, 0.2) is 9.93 Å². The van der Waals surface area contributed by atoms with E-state index in [0.29, 0.717) is 4.24 Å². The number of alkyl halides is 1. The molecule has 1 amide bonds. The molecule has 0 bridgehead atoms. The van der Waals surface area contributed by atoms with Crippen molar-refractivity contribution >= 4 is 35.4 Å². The van der Waals surface area contributed by atoms with Crippen molar-refractivity contribution in [1.82, 2.24) is 4.90 Å². The zero-order valence-electron chi connectivity index (χ0n) is 10.5. The number of fused-ring (bicyclic) bond motifs is 1. The van der Waals surface area contributed by atoms with E-state index in [1.165, 1.54) is 18.7 Å². The molecule has 0 spiro atoms. The monoisotopic (exact) mass is 315 g/mol. The minimum Gasteiger partial charge on any atom is -0.543 e. The van der Waals surface area contributed by atoms with Gasteiger partial charge in [-0.1, -0.05) is 11.8 Å². The van der Waals surface area contributed by atoms with E-state index in [2.05, 4.69) is 0 Å². The predicted octanol–water partition coefficient (Wildman–Crippen LogP) is -3.48. The van der Waals surface area contributed by atoms with Crippen LogP contribution in [0.1, 0.15) is 6.92 Å². The molecule has 1 saturated heterocycles. The molecule has 1 N–H and O–H groups in total. The molecule has 1 fully saturated rings. The molecule has 19 heavy (non-hydrogen) atoms. The van der Waals surface area contributed by atoms with Crippen molar-refractivity contribution in [1.29, 1.82) is 0 Å². The minimum atomic E-state index is -1.44. The Bertz CT molecular complexity index is 432. The maximum Gasteiger partial charge on any atom is 1.00 e. The molecule has 9 heteroatoms. The number of nitrogens with zero attached hydrogens (tertiary/aromatic N) is 1. The molecule has 5 nitrogen and oxygen atoms in total. The summed E-state index contributed by atoms with van der Waals surface area (Å²) in [4.78, 5) is 23.9. The van der Waals surface area contributed by atoms with Crippen LogP contribution in [-0.2, 0) is 9.59 Å². The van der Waals surface area contributed by atoms with Crippen LogP contribution in [0, 0.1) is 5.92 Å². The molecule has 0 saturated carbocycles. The predicted molar refractivity (Wildman–Crippen MR) is 63.9 cm³/mol. The van der Waals surface area contributed by atoms with Gasteiger partial charge in [0.05, 0.1) is 34.6 Å². The molecule has 0 unspecified atom stereocenters. The van der Waals surface area contributed by atoms with Crippen LogP contribution < -0.4 is 34.7 Å². The number of β-lactam (4-membered cyclic amide) rings is 1. The van der Waals surface area contributed by atoms with E-state index >= 15 is 0 Å². The normalized spacial score (nSPS) is 26.7. The third-order valence-electron chi connectivity index (χ3n) is 2.77. The number of aliphatic hydroxyl groups is 1. The molecule has 2 heterocycles. The molecule has 2 rings (SSSR count). The van der Waals surface area contributed by atoms with Gasteiger partial charge in [-0.2, -0.15) is 0 Å². The quantitative estimate of drug-likeness (QED) is 0.419. The number of halogens is 1. The smallest absolute Gasteiger partial charge is 0.543 e. The third kappa shape index (κ3) is 2.98. The Balaban J connectivity index is 0.00000180. The van der Waals surface area contributed by atoms with Crippen molar-refractivity contribution in [2.45, 2.75) is 18.4 Å². The zero-order valence-corrected chi connectivity index (χ0v) is 14.1. The standard InChI is InChI=1S/C10H12FNO4S2.Na/c1-4(13)5-7(14)12-6(9(15)16)10(17-3-2-11)18-8(5)12;/h4-5,8,13H,2-3H2,1H3,(H,15,16);/q;+1/p-1/t4-,5+,8-;/m1./s1. The Hall–Kier alpha value is 0.270. The third-order valence-corrected chi connectivity index (χ3v) is 5.38. The van der Waals surface area contributed by atoms with Gasteiger partial charge in [-0.25, -0.2) is 0 Å². The number of hydrogen-bond acceptors (Lipinski definition) is 6. The molecular formula is C10H11FNNaO4S2. The number of aliphatic carboxylic acids is 1. The summed E-state index contributed by atoms with van der Waals surface area (Å²) in [6.45, 7) is 0.916. The summed E-state index contributed by atoms with van der Waals surface area (Å²) in [5, 5.41) is 20.1. The maximum atomic E-state index is 12.1. The van der Waals surface area contributed by atoms with Crippen molar-refractivity contribution in [3.05, 3.63) is 9.93 Å². The first-order valence-corrected chi connectivity index (χ1v) is 7.17. The first-order chi connectivity index (χ1) is 8.49. The topological polar surface area (TPSA) is 80.7 Å². The summed E-state index contributed by atoms with van der Waals surface area (Å²) in [6.07, 6.45) is -0.834. The molecule has 100 valence electrons. The van der Waals surface area contributed by atoms with Crippen LogP contribution in [0.4, 0.5) is 4.39 Å². The second-order valence-electron chi connectivity index (χ2n) is 3.94. The number of rotatable bonds is 5. The van der Waals surface area contributed by atoms with Gasteiger partial charge in [0.2, 0.25) is 5.91 Å². The average Bonchev–Trinajstić information content (AvgIpc) is 2.60. The number of hydrogen-bond donors (Lipinski definition) is 1. The van der Waals surface area contributed by atoms with Crippen LogP contribution in [0.5, 0.6) is 0 Å². The van der Waals surface area contributed by atoms with Gasteiger partial charge in [0.15, 0.2) is 0 Å². The summed E-state index contributed by atoms with van der Waals surface area (Å²) >= 11 is 2.23. The van der Waals surface area contributed by atoms with Crippen molar-refractivity contribution in [2.75, 3.05) is 12.4 Å². The Kier molecular flexibility index (Phi) is 6.22. The summed E-state index contributed by atoms with van der Waals surface area (Å²) in [6, 6.07) is 0. The number of carbonyl (C=O) groups excluding carboxylic acids is 2. The fraction of sp³-hybridized carbons (Fsp3) is 0.600. The average molecular weight is 315 g/mol. The number of amides is 1. The van der Waals surface area contributed by atoms with E-state index in [-0.39, 0.29) is 41.0 Å². The van der Waals surface area contributed by atoms with E-state index < -0.39 is 35.9 Å². The van der Waals surface area contributed by atoms with Crippen molar-refractivity contribution in [3.63, 3.8) is 0 Å².